The fourth-order valence-corrected chi connectivity index (χ4v) is 1.84. The minimum Gasteiger partial charge on any atom is -0.481 e. The van der Waals surface area contributed by atoms with Gasteiger partial charge in [-0.05, 0) is 36.9 Å². The predicted molar refractivity (Wildman–Crippen MR) is 68.4 cm³/mol. The van der Waals surface area contributed by atoms with Gasteiger partial charge in [0.1, 0.15) is 0 Å². The summed E-state index contributed by atoms with van der Waals surface area (Å²) in [5.74, 6) is -0.730. The SMILES string of the molecule is CSc1ccc(N(C)CCCC(=O)O)cc1. The van der Waals surface area contributed by atoms with Crippen molar-refractivity contribution in [3.63, 3.8) is 0 Å². The number of anilines is 1. The minimum absolute atomic E-state index is 0.229. The van der Waals surface area contributed by atoms with Crippen molar-refractivity contribution in [2.24, 2.45) is 0 Å². The molecule has 0 aliphatic carbocycles. The maximum atomic E-state index is 10.4. The monoisotopic (exact) mass is 239 g/mol. The van der Waals surface area contributed by atoms with Crippen LogP contribution in [0.3, 0.4) is 0 Å². The number of aliphatic carboxylic acids is 1. The summed E-state index contributed by atoms with van der Waals surface area (Å²) in [6.07, 6.45) is 2.95. The fraction of sp³-hybridized carbons (Fsp3) is 0.417. The van der Waals surface area contributed by atoms with Crippen LogP contribution in [0.25, 0.3) is 0 Å². The van der Waals surface area contributed by atoms with Crippen LogP contribution < -0.4 is 4.90 Å². The molecule has 0 atom stereocenters. The fourth-order valence-electron chi connectivity index (χ4n) is 1.43. The Bertz CT molecular complexity index is 337. The van der Waals surface area contributed by atoms with Crippen molar-refractivity contribution >= 4 is 23.4 Å². The number of nitrogens with zero attached hydrogens (tertiary/aromatic N) is 1. The highest BCUT2D eigenvalue weighted by molar-refractivity contribution is 7.98. The second-order valence-corrected chi connectivity index (χ2v) is 4.50. The van der Waals surface area contributed by atoms with Crippen molar-refractivity contribution in [3.05, 3.63) is 24.3 Å². The molecule has 0 aliphatic rings. The van der Waals surface area contributed by atoms with E-state index in [9.17, 15) is 4.79 Å². The molecule has 0 aromatic heterocycles. The van der Waals surface area contributed by atoms with E-state index in [-0.39, 0.29) is 6.42 Å². The lowest BCUT2D eigenvalue weighted by molar-refractivity contribution is -0.137. The van der Waals surface area contributed by atoms with E-state index in [2.05, 4.69) is 29.2 Å². The van der Waals surface area contributed by atoms with Crippen molar-refractivity contribution in [3.8, 4) is 0 Å². The quantitative estimate of drug-likeness (QED) is 0.775. The van der Waals surface area contributed by atoms with E-state index in [1.54, 1.807) is 11.8 Å². The van der Waals surface area contributed by atoms with Crippen LogP contribution in [0.1, 0.15) is 12.8 Å². The first-order chi connectivity index (χ1) is 7.63. The zero-order valence-electron chi connectivity index (χ0n) is 9.64. The summed E-state index contributed by atoms with van der Waals surface area (Å²) in [5.41, 5.74) is 1.13. The van der Waals surface area contributed by atoms with Gasteiger partial charge in [0, 0.05) is 30.6 Å². The molecule has 0 saturated heterocycles. The first-order valence-corrected chi connectivity index (χ1v) is 6.43. The molecule has 0 bridgehead atoms. The molecular weight excluding hydrogens is 222 g/mol. The number of carboxylic acids is 1. The Labute approximate surface area is 100 Å². The lowest BCUT2D eigenvalue weighted by atomic mass is 10.2. The van der Waals surface area contributed by atoms with Gasteiger partial charge in [-0.2, -0.15) is 0 Å². The number of rotatable bonds is 6. The van der Waals surface area contributed by atoms with E-state index < -0.39 is 5.97 Å². The minimum atomic E-state index is -0.730. The van der Waals surface area contributed by atoms with Gasteiger partial charge in [0.15, 0.2) is 0 Å². The Morgan fingerprint density at radius 1 is 1.38 bits per heavy atom. The molecule has 1 aromatic carbocycles. The molecule has 1 rings (SSSR count). The van der Waals surface area contributed by atoms with Crippen LogP contribution in [-0.4, -0.2) is 30.9 Å². The first kappa shape index (κ1) is 12.9. The Hall–Kier alpha value is -1.16. The summed E-state index contributed by atoms with van der Waals surface area (Å²) in [5, 5.41) is 8.54. The number of carbonyl (C=O) groups is 1. The van der Waals surface area contributed by atoms with Gasteiger partial charge in [-0.3, -0.25) is 4.79 Å². The van der Waals surface area contributed by atoms with Crippen LogP contribution in [0.2, 0.25) is 0 Å². The van der Waals surface area contributed by atoms with E-state index >= 15 is 0 Å². The third kappa shape index (κ3) is 4.14. The summed E-state index contributed by atoms with van der Waals surface area (Å²) >= 11 is 1.71. The van der Waals surface area contributed by atoms with Crippen LogP contribution in [-0.2, 0) is 4.79 Å². The van der Waals surface area contributed by atoms with Crippen LogP contribution in [0.15, 0.2) is 29.2 Å². The molecule has 3 nitrogen and oxygen atoms in total. The van der Waals surface area contributed by atoms with Crippen LogP contribution in [0.4, 0.5) is 5.69 Å². The van der Waals surface area contributed by atoms with Gasteiger partial charge in [-0.15, -0.1) is 11.8 Å². The Morgan fingerprint density at radius 3 is 2.50 bits per heavy atom. The molecule has 0 aliphatic heterocycles. The van der Waals surface area contributed by atoms with Gasteiger partial charge < -0.3 is 10.0 Å². The number of benzene rings is 1. The molecule has 1 N–H and O–H groups in total. The summed E-state index contributed by atoms with van der Waals surface area (Å²) in [6, 6.07) is 8.28. The summed E-state index contributed by atoms with van der Waals surface area (Å²) in [4.78, 5) is 13.7. The third-order valence-electron chi connectivity index (χ3n) is 2.40. The Balaban J connectivity index is 2.45. The highest BCUT2D eigenvalue weighted by Gasteiger charge is 2.02. The van der Waals surface area contributed by atoms with Gasteiger partial charge in [0.05, 0.1) is 0 Å². The maximum absolute atomic E-state index is 10.4. The van der Waals surface area contributed by atoms with Crippen molar-refractivity contribution in [2.75, 3.05) is 24.7 Å². The van der Waals surface area contributed by atoms with Crippen molar-refractivity contribution < 1.29 is 9.90 Å². The Kier molecular flexibility index (Phi) is 5.19. The highest BCUT2D eigenvalue weighted by Crippen LogP contribution is 2.19. The van der Waals surface area contributed by atoms with Gasteiger partial charge in [0.25, 0.3) is 0 Å². The zero-order chi connectivity index (χ0) is 12.0. The van der Waals surface area contributed by atoms with Crippen LogP contribution >= 0.6 is 11.8 Å². The number of hydrogen-bond acceptors (Lipinski definition) is 3. The van der Waals surface area contributed by atoms with Crippen LogP contribution in [0.5, 0.6) is 0 Å². The zero-order valence-corrected chi connectivity index (χ0v) is 10.5. The Morgan fingerprint density at radius 2 is 2.00 bits per heavy atom. The van der Waals surface area contributed by atoms with E-state index in [0.29, 0.717) is 6.42 Å². The molecule has 1 aromatic rings. The molecule has 0 fully saturated rings. The molecule has 0 unspecified atom stereocenters. The van der Waals surface area contributed by atoms with Gasteiger partial charge >= 0.3 is 5.97 Å². The number of hydrogen-bond donors (Lipinski definition) is 1. The van der Waals surface area contributed by atoms with Crippen molar-refractivity contribution in [1.29, 1.82) is 0 Å². The second kappa shape index (κ2) is 6.43. The standard InChI is InChI=1S/C12H17NO2S/c1-13(9-3-4-12(14)15)10-5-7-11(16-2)8-6-10/h5-8H,3-4,9H2,1-2H3,(H,14,15). The van der Waals surface area contributed by atoms with Crippen molar-refractivity contribution in [1.82, 2.24) is 0 Å². The lowest BCUT2D eigenvalue weighted by Crippen LogP contribution is -2.19. The van der Waals surface area contributed by atoms with E-state index in [1.165, 1.54) is 4.90 Å². The second-order valence-electron chi connectivity index (χ2n) is 3.62. The molecule has 4 heteroatoms. The first-order valence-electron chi connectivity index (χ1n) is 5.20. The molecule has 0 saturated carbocycles. The average Bonchev–Trinajstić information content (AvgIpc) is 2.28. The molecule has 0 heterocycles. The molecular formula is C12H17NO2S. The van der Waals surface area contributed by atoms with Gasteiger partial charge in [0.2, 0.25) is 0 Å². The predicted octanol–water partition coefficient (Wildman–Crippen LogP) is 2.71. The lowest BCUT2D eigenvalue weighted by Gasteiger charge is -2.18. The van der Waals surface area contributed by atoms with E-state index in [1.807, 2.05) is 13.3 Å². The van der Waals surface area contributed by atoms with E-state index in [0.717, 1.165) is 12.2 Å². The molecule has 0 radical (unpaired) electrons. The molecule has 16 heavy (non-hydrogen) atoms. The highest BCUT2D eigenvalue weighted by atomic mass is 32.2. The molecule has 0 amide bonds. The largest absolute Gasteiger partial charge is 0.481 e. The normalized spacial score (nSPS) is 10.1. The summed E-state index contributed by atoms with van der Waals surface area (Å²) in [7, 11) is 1.98. The van der Waals surface area contributed by atoms with Crippen LogP contribution in [0, 0.1) is 0 Å². The number of carboxylic acid groups (broad SMARTS) is 1. The smallest absolute Gasteiger partial charge is 0.303 e. The maximum Gasteiger partial charge on any atom is 0.303 e. The number of thioether (sulfide) groups is 1. The molecule has 88 valence electrons. The average molecular weight is 239 g/mol. The van der Waals surface area contributed by atoms with Gasteiger partial charge in [-0.1, -0.05) is 0 Å². The topological polar surface area (TPSA) is 40.5 Å². The third-order valence-corrected chi connectivity index (χ3v) is 3.14. The summed E-state index contributed by atoms with van der Waals surface area (Å²) < 4.78 is 0. The van der Waals surface area contributed by atoms with Gasteiger partial charge in [-0.25, -0.2) is 0 Å². The summed E-state index contributed by atoms with van der Waals surface area (Å²) in [6.45, 7) is 0.769. The van der Waals surface area contributed by atoms with E-state index in [4.69, 9.17) is 5.11 Å². The van der Waals surface area contributed by atoms with Crippen molar-refractivity contribution in [2.45, 2.75) is 17.7 Å². The molecule has 0 spiro atoms.